The molecule has 20 heavy (non-hydrogen) atoms. The topological polar surface area (TPSA) is 29.5 Å². The summed E-state index contributed by atoms with van der Waals surface area (Å²) in [6.45, 7) is 3.12. The van der Waals surface area contributed by atoms with E-state index in [9.17, 15) is 4.79 Å². The molecule has 110 valence electrons. The summed E-state index contributed by atoms with van der Waals surface area (Å²) < 4.78 is 5.76. The molecular weight excluding hydrogens is 250 g/mol. The fourth-order valence-corrected chi connectivity index (χ4v) is 2.64. The zero-order chi connectivity index (χ0) is 14.2. The monoisotopic (exact) mass is 275 g/mol. The van der Waals surface area contributed by atoms with E-state index in [0.29, 0.717) is 6.10 Å². The summed E-state index contributed by atoms with van der Waals surface area (Å²) >= 11 is 0. The SMILES string of the molecule is CCCCN(C(=O)COC1CCCC1)c1ccccc1. The number of para-hydroxylation sites is 1. The molecule has 1 saturated carbocycles. The van der Waals surface area contributed by atoms with E-state index in [1.54, 1.807) is 0 Å². The number of hydrogen-bond acceptors (Lipinski definition) is 2. The van der Waals surface area contributed by atoms with E-state index in [0.717, 1.165) is 37.9 Å². The molecular formula is C17H25NO2. The smallest absolute Gasteiger partial charge is 0.252 e. The van der Waals surface area contributed by atoms with E-state index in [2.05, 4.69) is 6.92 Å². The van der Waals surface area contributed by atoms with Gasteiger partial charge in [0.05, 0.1) is 6.10 Å². The van der Waals surface area contributed by atoms with Crippen LogP contribution in [0.2, 0.25) is 0 Å². The molecule has 1 aliphatic carbocycles. The van der Waals surface area contributed by atoms with Crippen molar-refractivity contribution in [1.82, 2.24) is 0 Å². The second kappa shape index (κ2) is 8.05. The highest BCUT2D eigenvalue weighted by Gasteiger charge is 2.20. The normalized spacial score (nSPS) is 15.4. The minimum Gasteiger partial charge on any atom is -0.368 e. The molecule has 0 N–H and O–H groups in total. The molecule has 0 saturated heterocycles. The first-order chi connectivity index (χ1) is 9.81. The summed E-state index contributed by atoms with van der Waals surface area (Å²) in [4.78, 5) is 14.3. The predicted molar refractivity (Wildman–Crippen MR) is 81.9 cm³/mol. The maximum absolute atomic E-state index is 12.4. The Hall–Kier alpha value is -1.35. The molecule has 3 heteroatoms. The maximum Gasteiger partial charge on any atom is 0.252 e. The minimum absolute atomic E-state index is 0.0801. The van der Waals surface area contributed by atoms with Crippen LogP contribution in [0.1, 0.15) is 45.4 Å². The number of amides is 1. The van der Waals surface area contributed by atoms with Gasteiger partial charge in [-0.25, -0.2) is 0 Å². The van der Waals surface area contributed by atoms with Gasteiger partial charge in [-0.05, 0) is 31.4 Å². The Morgan fingerprint density at radius 3 is 2.60 bits per heavy atom. The quantitative estimate of drug-likeness (QED) is 0.758. The minimum atomic E-state index is 0.0801. The molecule has 0 spiro atoms. The van der Waals surface area contributed by atoms with E-state index in [1.165, 1.54) is 12.8 Å². The van der Waals surface area contributed by atoms with Crippen molar-refractivity contribution < 1.29 is 9.53 Å². The third-order valence-electron chi connectivity index (χ3n) is 3.85. The number of ether oxygens (including phenoxy) is 1. The third-order valence-corrected chi connectivity index (χ3v) is 3.85. The van der Waals surface area contributed by atoms with Crippen LogP contribution in [0.5, 0.6) is 0 Å². The van der Waals surface area contributed by atoms with Crippen LogP contribution >= 0.6 is 0 Å². The van der Waals surface area contributed by atoms with Gasteiger partial charge >= 0.3 is 0 Å². The van der Waals surface area contributed by atoms with Gasteiger partial charge in [0.25, 0.3) is 5.91 Å². The van der Waals surface area contributed by atoms with Crippen LogP contribution in [0.15, 0.2) is 30.3 Å². The predicted octanol–water partition coefficient (Wildman–Crippen LogP) is 3.78. The average Bonchev–Trinajstić information content (AvgIpc) is 3.00. The first-order valence-electron chi connectivity index (χ1n) is 7.78. The van der Waals surface area contributed by atoms with Crippen molar-refractivity contribution in [3.8, 4) is 0 Å². The summed E-state index contributed by atoms with van der Waals surface area (Å²) in [5.74, 6) is 0.0801. The van der Waals surface area contributed by atoms with E-state index in [-0.39, 0.29) is 12.5 Å². The summed E-state index contributed by atoms with van der Waals surface area (Å²) in [6.07, 6.45) is 7.07. The Morgan fingerprint density at radius 1 is 1.25 bits per heavy atom. The molecule has 1 fully saturated rings. The van der Waals surface area contributed by atoms with Crippen molar-refractivity contribution in [2.45, 2.75) is 51.6 Å². The highest BCUT2D eigenvalue weighted by Crippen LogP contribution is 2.21. The van der Waals surface area contributed by atoms with Gasteiger partial charge in [0.15, 0.2) is 0 Å². The fraction of sp³-hybridized carbons (Fsp3) is 0.588. The number of unbranched alkanes of at least 4 members (excludes halogenated alkanes) is 1. The van der Waals surface area contributed by atoms with Crippen LogP contribution in [0.4, 0.5) is 5.69 Å². The Kier molecular flexibility index (Phi) is 6.06. The lowest BCUT2D eigenvalue weighted by molar-refractivity contribution is -0.125. The number of benzene rings is 1. The molecule has 0 atom stereocenters. The second-order valence-corrected chi connectivity index (χ2v) is 5.45. The maximum atomic E-state index is 12.4. The Labute approximate surface area is 121 Å². The summed E-state index contributed by atoms with van der Waals surface area (Å²) in [7, 11) is 0. The summed E-state index contributed by atoms with van der Waals surface area (Å²) in [5.41, 5.74) is 0.973. The fourth-order valence-electron chi connectivity index (χ4n) is 2.64. The third kappa shape index (κ3) is 4.34. The van der Waals surface area contributed by atoms with Crippen LogP contribution in [0.25, 0.3) is 0 Å². The van der Waals surface area contributed by atoms with Crippen LogP contribution < -0.4 is 4.90 Å². The lowest BCUT2D eigenvalue weighted by Gasteiger charge is -2.23. The van der Waals surface area contributed by atoms with Gasteiger partial charge < -0.3 is 9.64 Å². The van der Waals surface area contributed by atoms with Gasteiger partial charge in [-0.15, -0.1) is 0 Å². The highest BCUT2D eigenvalue weighted by molar-refractivity contribution is 5.94. The molecule has 0 unspecified atom stereocenters. The van der Waals surface area contributed by atoms with Crippen molar-refractivity contribution in [1.29, 1.82) is 0 Å². The highest BCUT2D eigenvalue weighted by atomic mass is 16.5. The van der Waals surface area contributed by atoms with E-state index in [1.807, 2.05) is 35.2 Å². The molecule has 0 heterocycles. The Balaban J connectivity index is 1.92. The van der Waals surface area contributed by atoms with Gasteiger partial charge in [-0.1, -0.05) is 44.4 Å². The Bertz CT molecular complexity index is 399. The molecule has 0 aromatic heterocycles. The molecule has 0 radical (unpaired) electrons. The van der Waals surface area contributed by atoms with Crippen molar-refractivity contribution >= 4 is 11.6 Å². The standard InChI is InChI=1S/C17H25NO2/c1-2-3-13-18(15-9-5-4-6-10-15)17(19)14-20-16-11-7-8-12-16/h4-6,9-10,16H,2-3,7-8,11-14H2,1H3. The van der Waals surface area contributed by atoms with E-state index in [4.69, 9.17) is 4.74 Å². The molecule has 1 aromatic rings. The Morgan fingerprint density at radius 2 is 1.95 bits per heavy atom. The molecule has 0 bridgehead atoms. The molecule has 1 aromatic carbocycles. The van der Waals surface area contributed by atoms with E-state index < -0.39 is 0 Å². The molecule has 0 aliphatic heterocycles. The number of carbonyl (C=O) groups is 1. The lowest BCUT2D eigenvalue weighted by Crippen LogP contribution is -2.35. The van der Waals surface area contributed by atoms with Crippen LogP contribution in [0, 0.1) is 0 Å². The molecule has 2 rings (SSSR count). The second-order valence-electron chi connectivity index (χ2n) is 5.45. The van der Waals surface area contributed by atoms with Gasteiger partial charge in [0.1, 0.15) is 6.61 Å². The van der Waals surface area contributed by atoms with E-state index >= 15 is 0 Å². The van der Waals surface area contributed by atoms with Crippen molar-refractivity contribution in [3.63, 3.8) is 0 Å². The summed E-state index contributed by atoms with van der Waals surface area (Å²) in [6, 6.07) is 9.89. The lowest BCUT2D eigenvalue weighted by atomic mass is 10.2. The van der Waals surface area contributed by atoms with Crippen molar-refractivity contribution in [2.75, 3.05) is 18.1 Å². The van der Waals surface area contributed by atoms with Gasteiger partial charge in [0.2, 0.25) is 0 Å². The first kappa shape index (κ1) is 15.0. The largest absolute Gasteiger partial charge is 0.368 e. The first-order valence-corrected chi connectivity index (χ1v) is 7.78. The number of carbonyl (C=O) groups excluding carboxylic acids is 1. The van der Waals surface area contributed by atoms with Gasteiger partial charge in [-0.2, -0.15) is 0 Å². The zero-order valence-corrected chi connectivity index (χ0v) is 12.4. The average molecular weight is 275 g/mol. The van der Waals surface area contributed by atoms with Gasteiger partial charge in [-0.3, -0.25) is 4.79 Å². The molecule has 1 aliphatic rings. The van der Waals surface area contributed by atoms with Crippen molar-refractivity contribution in [2.24, 2.45) is 0 Å². The van der Waals surface area contributed by atoms with Gasteiger partial charge in [0, 0.05) is 12.2 Å². The number of nitrogens with zero attached hydrogens (tertiary/aromatic N) is 1. The zero-order valence-electron chi connectivity index (χ0n) is 12.4. The number of anilines is 1. The summed E-state index contributed by atoms with van der Waals surface area (Å²) in [5, 5.41) is 0. The molecule has 3 nitrogen and oxygen atoms in total. The van der Waals surface area contributed by atoms with Crippen molar-refractivity contribution in [3.05, 3.63) is 30.3 Å². The van der Waals surface area contributed by atoms with Crippen LogP contribution in [-0.4, -0.2) is 25.2 Å². The number of hydrogen-bond donors (Lipinski definition) is 0. The molecule has 1 amide bonds. The van der Waals surface area contributed by atoms with Crippen LogP contribution in [-0.2, 0) is 9.53 Å². The number of rotatable bonds is 7. The van der Waals surface area contributed by atoms with Crippen LogP contribution in [0.3, 0.4) is 0 Å².